The zero-order valence-electron chi connectivity index (χ0n) is 14.6. The third-order valence-electron chi connectivity index (χ3n) is 5.69. The predicted molar refractivity (Wildman–Crippen MR) is 95.4 cm³/mol. The first-order valence-electron chi connectivity index (χ1n) is 8.94. The molecule has 2 rings (SSSR count). The van der Waals surface area contributed by atoms with Crippen molar-refractivity contribution in [3.63, 3.8) is 0 Å². The van der Waals surface area contributed by atoms with Gasteiger partial charge in [0, 0.05) is 13.0 Å². The maximum absolute atomic E-state index is 12.1. The van der Waals surface area contributed by atoms with Crippen molar-refractivity contribution in [2.75, 3.05) is 19.6 Å². The van der Waals surface area contributed by atoms with Crippen LogP contribution in [0.25, 0.3) is 0 Å². The third-order valence-corrected chi connectivity index (χ3v) is 5.69. The van der Waals surface area contributed by atoms with Crippen LogP contribution in [0.5, 0.6) is 0 Å². The Labute approximate surface area is 142 Å². The van der Waals surface area contributed by atoms with Crippen molar-refractivity contribution in [2.24, 2.45) is 23.2 Å². The van der Waals surface area contributed by atoms with E-state index in [1.165, 1.54) is 38.5 Å². The highest BCUT2D eigenvalue weighted by Gasteiger charge is 2.27. The maximum Gasteiger partial charge on any atom is 0.220 e. The molecule has 1 aliphatic carbocycles. The highest BCUT2D eigenvalue weighted by atomic mass is 35.5. The van der Waals surface area contributed by atoms with E-state index in [1.54, 1.807) is 0 Å². The van der Waals surface area contributed by atoms with E-state index in [4.69, 9.17) is 0 Å². The fourth-order valence-electron chi connectivity index (χ4n) is 3.82. The van der Waals surface area contributed by atoms with Gasteiger partial charge < -0.3 is 10.6 Å². The summed E-state index contributed by atoms with van der Waals surface area (Å²) in [6.45, 7) is 10.1. The van der Waals surface area contributed by atoms with E-state index in [1.807, 2.05) is 0 Å². The topological polar surface area (TPSA) is 41.1 Å². The summed E-state index contributed by atoms with van der Waals surface area (Å²) < 4.78 is 0. The molecule has 0 spiro atoms. The second-order valence-electron chi connectivity index (χ2n) is 8.20. The van der Waals surface area contributed by atoms with Crippen LogP contribution < -0.4 is 10.6 Å². The average molecular weight is 331 g/mol. The molecule has 130 valence electrons. The number of rotatable bonds is 5. The van der Waals surface area contributed by atoms with Crippen molar-refractivity contribution >= 4 is 18.3 Å². The van der Waals surface area contributed by atoms with E-state index in [0.717, 1.165) is 19.6 Å². The second kappa shape index (κ2) is 9.12. The van der Waals surface area contributed by atoms with Gasteiger partial charge in [0.1, 0.15) is 0 Å². The van der Waals surface area contributed by atoms with Gasteiger partial charge in [-0.25, -0.2) is 0 Å². The molecule has 2 N–H and O–H groups in total. The van der Waals surface area contributed by atoms with Gasteiger partial charge in [-0.2, -0.15) is 0 Å². The van der Waals surface area contributed by atoms with Gasteiger partial charge in [0.25, 0.3) is 0 Å². The molecule has 0 radical (unpaired) electrons. The minimum Gasteiger partial charge on any atom is -0.356 e. The van der Waals surface area contributed by atoms with Crippen molar-refractivity contribution in [3.8, 4) is 0 Å². The Kier molecular flexibility index (Phi) is 8.20. The largest absolute Gasteiger partial charge is 0.356 e. The summed E-state index contributed by atoms with van der Waals surface area (Å²) in [6, 6.07) is 0. The predicted octanol–water partition coefficient (Wildman–Crippen LogP) is 3.77. The van der Waals surface area contributed by atoms with Crippen molar-refractivity contribution in [3.05, 3.63) is 0 Å². The lowest BCUT2D eigenvalue weighted by Crippen LogP contribution is -2.37. The van der Waals surface area contributed by atoms with Gasteiger partial charge in [0.05, 0.1) is 0 Å². The fraction of sp³-hybridized carbons (Fsp3) is 0.944. The van der Waals surface area contributed by atoms with Crippen LogP contribution in [0.2, 0.25) is 0 Å². The van der Waals surface area contributed by atoms with Crippen molar-refractivity contribution in [1.82, 2.24) is 10.6 Å². The SMILES string of the molecule is CC(CC(=O)NCC1CCC(C)(C)CC1)C1CCCNC1.Cl. The fourth-order valence-corrected chi connectivity index (χ4v) is 3.82. The highest BCUT2D eigenvalue weighted by molar-refractivity contribution is 5.85. The van der Waals surface area contributed by atoms with Gasteiger partial charge in [0.2, 0.25) is 5.91 Å². The summed E-state index contributed by atoms with van der Waals surface area (Å²) in [5.74, 6) is 2.15. The van der Waals surface area contributed by atoms with E-state index in [0.29, 0.717) is 29.6 Å². The number of nitrogens with one attached hydrogen (secondary N) is 2. The van der Waals surface area contributed by atoms with Crippen LogP contribution in [0.4, 0.5) is 0 Å². The zero-order chi connectivity index (χ0) is 15.3. The molecule has 3 nitrogen and oxygen atoms in total. The first kappa shape index (κ1) is 19.8. The van der Waals surface area contributed by atoms with Crippen molar-refractivity contribution < 1.29 is 4.79 Å². The minimum absolute atomic E-state index is 0. The number of halogens is 1. The Balaban J connectivity index is 0.00000242. The Hall–Kier alpha value is -0.280. The van der Waals surface area contributed by atoms with Gasteiger partial charge in [-0.1, -0.05) is 20.8 Å². The summed E-state index contributed by atoms with van der Waals surface area (Å²) in [6.07, 6.45) is 8.39. The molecule has 0 aromatic rings. The lowest BCUT2D eigenvalue weighted by molar-refractivity contribution is -0.122. The molecule has 4 heteroatoms. The molecule has 1 saturated carbocycles. The molecule has 2 atom stereocenters. The van der Waals surface area contributed by atoms with Crippen molar-refractivity contribution in [1.29, 1.82) is 0 Å². The van der Waals surface area contributed by atoms with Crippen LogP contribution in [0, 0.1) is 23.2 Å². The number of carbonyl (C=O) groups is 1. The number of piperidine rings is 1. The first-order valence-corrected chi connectivity index (χ1v) is 8.94. The van der Waals surface area contributed by atoms with E-state index >= 15 is 0 Å². The van der Waals surface area contributed by atoms with E-state index < -0.39 is 0 Å². The lowest BCUT2D eigenvalue weighted by atomic mass is 9.73. The Bertz CT molecular complexity index is 330. The molecule has 0 aromatic carbocycles. The smallest absolute Gasteiger partial charge is 0.220 e. The van der Waals surface area contributed by atoms with Crippen LogP contribution in [0.3, 0.4) is 0 Å². The van der Waals surface area contributed by atoms with E-state index in [9.17, 15) is 4.79 Å². The molecular formula is C18H35ClN2O. The molecule has 1 heterocycles. The molecule has 1 saturated heterocycles. The Morgan fingerprint density at radius 3 is 2.55 bits per heavy atom. The molecule has 2 aliphatic rings. The molecule has 1 amide bonds. The number of hydrogen-bond acceptors (Lipinski definition) is 2. The lowest BCUT2D eigenvalue weighted by Gasteiger charge is -2.34. The normalized spacial score (nSPS) is 26.8. The first-order chi connectivity index (χ1) is 9.96. The summed E-state index contributed by atoms with van der Waals surface area (Å²) in [5.41, 5.74) is 0.517. The van der Waals surface area contributed by atoms with Gasteiger partial charge in [0.15, 0.2) is 0 Å². The van der Waals surface area contributed by atoms with Crippen molar-refractivity contribution in [2.45, 2.75) is 65.7 Å². The quantitative estimate of drug-likeness (QED) is 0.805. The third kappa shape index (κ3) is 6.45. The van der Waals surface area contributed by atoms with Crippen LogP contribution in [-0.2, 0) is 4.79 Å². The number of amides is 1. The van der Waals surface area contributed by atoms with Gasteiger partial charge in [-0.3, -0.25) is 4.79 Å². The van der Waals surface area contributed by atoms with Gasteiger partial charge in [-0.15, -0.1) is 12.4 Å². The van der Waals surface area contributed by atoms with Gasteiger partial charge >= 0.3 is 0 Å². The molecule has 1 aliphatic heterocycles. The number of carbonyl (C=O) groups excluding carboxylic acids is 1. The summed E-state index contributed by atoms with van der Waals surface area (Å²) in [5, 5.41) is 6.64. The summed E-state index contributed by atoms with van der Waals surface area (Å²) >= 11 is 0. The highest BCUT2D eigenvalue weighted by Crippen LogP contribution is 2.37. The number of hydrogen-bond donors (Lipinski definition) is 2. The molecular weight excluding hydrogens is 296 g/mol. The Morgan fingerprint density at radius 2 is 1.95 bits per heavy atom. The zero-order valence-corrected chi connectivity index (χ0v) is 15.4. The van der Waals surface area contributed by atoms with Crippen LogP contribution in [-0.4, -0.2) is 25.5 Å². The Morgan fingerprint density at radius 1 is 1.27 bits per heavy atom. The molecule has 22 heavy (non-hydrogen) atoms. The molecule has 2 unspecified atom stereocenters. The molecule has 0 aromatic heterocycles. The molecule has 0 bridgehead atoms. The van der Waals surface area contributed by atoms with Crippen LogP contribution in [0.15, 0.2) is 0 Å². The van der Waals surface area contributed by atoms with Crippen LogP contribution >= 0.6 is 12.4 Å². The average Bonchev–Trinajstić information content (AvgIpc) is 2.47. The second-order valence-corrected chi connectivity index (χ2v) is 8.20. The van der Waals surface area contributed by atoms with Gasteiger partial charge in [-0.05, 0) is 74.8 Å². The van der Waals surface area contributed by atoms with Crippen LogP contribution in [0.1, 0.15) is 65.7 Å². The monoisotopic (exact) mass is 330 g/mol. The van der Waals surface area contributed by atoms with E-state index in [-0.39, 0.29) is 18.3 Å². The standard InChI is InChI=1S/C18H34N2O.ClH/c1-14(16-5-4-10-19-13-16)11-17(21)20-12-15-6-8-18(2,3)9-7-15;/h14-16,19H,4-13H2,1-3H3,(H,20,21);1H. The maximum atomic E-state index is 12.1. The van der Waals surface area contributed by atoms with E-state index in [2.05, 4.69) is 31.4 Å². The minimum atomic E-state index is 0. The summed E-state index contributed by atoms with van der Waals surface area (Å²) in [4.78, 5) is 12.1. The molecule has 2 fully saturated rings. The summed E-state index contributed by atoms with van der Waals surface area (Å²) in [7, 11) is 0.